The highest BCUT2D eigenvalue weighted by Gasteiger charge is 2.29. The van der Waals surface area contributed by atoms with Crippen LogP contribution in [0.5, 0.6) is 5.75 Å². The Morgan fingerprint density at radius 1 is 1.09 bits per heavy atom. The summed E-state index contributed by atoms with van der Waals surface area (Å²) in [5, 5.41) is 2.76. The zero-order chi connectivity index (χ0) is 26.0. The van der Waals surface area contributed by atoms with E-state index in [4.69, 9.17) is 4.74 Å². The molecule has 0 fully saturated rings. The lowest BCUT2D eigenvalue weighted by Crippen LogP contribution is -2.49. The van der Waals surface area contributed by atoms with Crippen molar-refractivity contribution in [3.8, 4) is 5.75 Å². The number of nitrogens with one attached hydrogen (secondary N) is 1. The number of methoxy groups -OCH3 is 1. The summed E-state index contributed by atoms with van der Waals surface area (Å²) in [6.45, 7) is 4.24. The molecule has 192 valence electrons. The number of benzene rings is 2. The van der Waals surface area contributed by atoms with E-state index in [1.54, 1.807) is 43.3 Å². The average Bonchev–Trinajstić information content (AvgIpc) is 2.82. The van der Waals surface area contributed by atoms with Crippen molar-refractivity contribution >= 4 is 27.5 Å². The molecule has 1 atom stereocenters. The summed E-state index contributed by atoms with van der Waals surface area (Å²) in [5.74, 6) is -0.540. The third-order valence-corrected chi connectivity index (χ3v) is 6.69. The summed E-state index contributed by atoms with van der Waals surface area (Å²) in [6.07, 6.45) is 1.76. The van der Waals surface area contributed by atoms with E-state index in [1.165, 1.54) is 28.4 Å². The van der Waals surface area contributed by atoms with Crippen LogP contribution in [0.3, 0.4) is 0 Å². The van der Waals surface area contributed by atoms with Crippen LogP contribution in [-0.4, -0.2) is 57.6 Å². The van der Waals surface area contributed by atoms with E-state index in [9.17, 15) is 22.4 Å². The summed E-state index contributed by atoms with van der Waals surface area (Å²) in [6, 6.07) is 11.8. The highest BCUT2D eigenvalue weighted by atomic mass is 32.2. The third kappa shape index (κ3) is 7.95. The van der Waals surface area contributed by atoms with Crippen LogP contribution in [0, 0.1) is 5.82 Å². The minimum Gasteiger partial charge on any atom is -0.495 e. The smallest absolute Gasteiger partial charge is 0.242 e. The number of anilines is 1. The van der Waals surface area contributed by atoms with Gasteiger partial charge in [-0.3, -0.25) is 13.9 Å². The molecule has 0 radical (unpaired) electrons. The third-order valence-electron chi connectivity index (χ3n) is 5.51. The van der Waals surface area contributed by atoms with Crippen molar-refractivity contribution in [3.05, 3.63) is 59.9 Å². The number of carbonyl (C=O) groups excluding carboxylic acids is 2. The van der Waals surface area contributed by atoms with E-state index in [0.29, 0.717) is 30.0 Å². The van der Waals surface area contributed by atoms with Gasteiger partial charge in [0, 0.05) is 26.1 Å². The molecule has 0 aliphatic rings. The Morgan fingerprint density at radius 2 is 1.74 bits per heavy atom. The van der Waals surface area contributed by atoms with Crippen LogP contribution >= 0.6 is 0 Å². The molecule has 0 spiro atoms. The van der Waals surface area contributed by atoms with E-state index in [-0.39, 0.29) is 43.6 Å². The number of amides is 2. The Labute approximate surface area is 207 Å². The molecule has 0 saturated heterocycles. The number of rotatable bonds is 13. The minimum atomic E-state index is -3.63. The molecule has 0 unspecified atom stereocenters. The van der Waals surface area contributed by atoms with Gasteiger partial charge in [0.1, 0.15) is 17.6 Å². The lowest BCUT2D eigenvalue weighted by Gasteiger charge is -2.31. The lowest BCUT2D eigenvalue weighted by molar-refractivity contribution is -0.141. The van der Waals surface area contributed by atoms with Gasteiger partial charge >= 0.3 is 0 Å². The molecular weight excluding hydrogens is 473 g/mol. The predicted molar refractivity (Wildman–Crippen MR) is 134 cm³/mol. The van der Waals surface area contributed by atoms with Crippen LogP contribution < -0.4 is 14.4 Å². The minimum absolute atomic E-state index is 0.0261. The zero-order valence-corrected chi connectivity index (χ0v) is 21.5. The van der Waals surface area contributed by atoms with Gasteiger partial charge in [0.05, 0.1) is 19.1 Å². The van der Waals surface area contributed by atoms with Crippen molar-refractivity contribution in [1.29, 1.82) is 0 Å². The van der Waals surface area contributed by atoms with E-state index >= 15 is 0 Å². The van der Waals surface area contributed by atoms with Gasteiger partial charge in [-0.2, -0.15) is 0 Å². The quantitative estimate of drug-likeness (QED) is 0.449. The van der Waals surface area contributed by atoms with Gasteiger partial charge in [-0.25, -0.2) is 12.8 Å². The van der Waals surface area contributed by atoms with Crippen LogP contribution in [0.4, 0.5) is 10.1 Å². The van der Waals surface area contributed by atoms with Gasteiger partial charge < -0.3 is 15.0 Å². The number of ether oxygens (including phenoxy) is 1. The maximum absolute atomic E-state index is 13.4. The Kier molecular flexibility index (Phi) is 10.5. The Morgan fingerprint density at radius 3 is 2.31 bits per heavy atom. The first kappa shape index (κ1) is 28.1. The molecule has 0 heterocycles. The molecule has 0 aromatic heterocycles. The lowest BCUT2D eigenvalue weighted by atomic mass is 10.1. The zero-order valence-electron chi connectivity index (χ0n) is 20.7. The SMILES string of the molecule is CCNC(=O)[C@@H](CC)N(Cc1ccc(F)cc1)C(=O)CCCN(c1ccccc1OC)S(C)(=O)=O. The van der Waals surface area contributed by atoms with E-state index in [2.05, 4.69) is 5.32 Å². The largest absolute Gasteiger partial charge is 0.495 e. The van der Waals surface area contributed by atoms with Crippen LogP contribution in [0.2, 0.25) is 0 Å². The molecule has 2 rings (SSSR count). The number of likely N-dealkylation sites (N-methyl/N-ethyl adjacent to an activating group) is 1. The molecule has 2 aromatic rings. The van der Waals surface area contributed by atoms with Gasteiger partial charge in [-0.15, -0.1) is 0 Å². The second kappa shape index (κ2) is 13.1. The average molecular weight is 508 g/mol. The maximum atomic E-state index is 13.4. The number of hydrogen-bond acceptors (Lipinski definition) is 5. The maximum Gasteiger partial charge on any atom is 0.242 e. The normalized spacial score (nSPS) is 12.0. The summed E-state index contributed by atoms with van der Waals surface area (Å²) in [5.41, 5.74) is 1.08. The summed E-state index contributed by atoms with van der Waals surface area (Å²) >= 11 is 0. The summed E-state index contributed by atoms with van der Waals surface area (Å²) < 4.78 is 44.9. The molecule has 0 aliphatic heterocycles. The first-order valence-electron chi connectivity index (χ1n) is 11.5. The monoisotopic (exact) mass is 507 g/mol. The summed E-state index contributed by atoms with van der Waals surface area (Å²) in [4.78, 5) is 27.4. The van der Waals surface area contributed by atoms with E-state index < -0.39 is 16.1 Å². The Bertz CT molecular complexity index is 1090. The van der Waals surface area contributed by atoms with Crippen LogP contribution in [0.1, 0.15) is 38.7 Å². The van der Waals surface area contributed by atoms with Crippen molar-refractivity contribution in [2.45, 2.75) is 45.7 Å². The second-order valence-electron chi connectivity index (χ2n) is 8.08. The van der Waals surface area contributed by atoms with Crippen molar-refractivity contribution in [3.63, 3.8) is 0 Å². The molecule has 0 bridgehead atoms. The molecule has 2 amide bonds. The van der Waals surface area contributed by atoms with Crippen LogP contribution in [0.15, 0.2) is 48.5 Å². The predicted octanol–water partition coefficient (Wildman–Crippen LogP) is 3.32. The molecular formula is C25H34FN3O5S. The highest BCUT2D eigenvalue weighted by molar-refractivity contribution is 7.92. The first-order valence-corrected chi connectivity index (χ1v) is 13.4. The number of hydrogen-bond donors (Lipinski definition) is 1. The number of sulfonamides is 1. The molecule has 8 nitrogen and oxygen atoms in total. The van der Waals surface area contributed by atoms with E-state index in [1.807, 2.05) is 6.92 Å². The molecule has 0 saturated carbocycles. The fraction of sp³-hybridized carbons (Fsp3) is 0.440. The van der Waals surface area contributed by atoms with Gasteiger partial charge in [0.2, 0.25) is 21.8 Å². The topological polar surface area (TPSA) is 96.0 Å². The van der Waals surface area contributed by atoms with Crippen LogP contribution in [0.25, 0.3) is 0 Å². The fourth-order valence-corrected chi connectivity index (χ4v) is 4.79. The standard InChI is InChI=1S/C25H34FN3O5S/c1-5-21(25(31)27-6-2)28(18-19-13-15-20(26)16-14-19)24(30)12-9-17-29(35(4,32)33)22-10-7-8-11-23(22)34-3/h7-8,10-11,13-16,21H,5-6,9,12,17-18H2,1-4H3,(H,27,31)/t21-/m1/s1. The number of carbonyl (C=O) groups is 2. The highest BCUT2D eigenvalue weighted by Crippen LogP contribution is 2.29. The Balaban J connectivity index is 2.22. The Hall–Kier alpha value is -3.14. The molecule has 10 heteroatoms. The second-order valence-corrected chi connectivity index (χ2v) is 9.98. The molecule has 2 aromatic carbocycles. The fourth-order valence-electron chi connectivity index (χ4n) is 3.82. The van der Waals surface area contributed by atoms with Gasteiger partial charge in [0.25, 0.3) is 0 Å². The molecule has 35 heavy (non-hydrogen) atoms. The van der Waals surface area contributed by atoms with Crippen LogP contribution in [-0.2, 0) is 26.2 Å². The van der Waals surface area contributed by atoms with Crippen molar-refractivity contribution in [2.24, 2.45) is 0 Å². The number of para-hydroxylation sites is 2. The molecule has 0 aliphatic carbocycles. The summed E-state index contributed by atoms with van der Waals surface area (Å²) in [7, 11) is -2.17. The van der Waals surface area contributed by atoms with Crippen molar-refractivity contribution < 1.29 is 27.1 Å². The van der Waals surface area contributed by atoms with Crippen molar-refractivity contribution in [1.82, 2.24) is 10.2 Å². The van der Waals surface area contributed by atoms with E-state index in [0.717, 1.165) is 6.26 Å². The molecule has 1 N–H and O–H groups in total. The van der Waals surface area contributed by atoms with Crippen molar-refractivity contribution in [2.75, 3.05) is 30.8 Å². The number of halogens is 1. The van der Waals surface area contributed by atoms with Gasteiger partial charge in [-0.1, -0.05) is 31.2 Å². The van der Waals surface area contributed by atoms with Gasteiger partial charge in [-0.05, 0) is 49.6 Å². The van der Waals surface area contributed by atoms with Gasteiger partial charge in [0.15, 0.2) is 0 Å². The number of nitrogens with zero attached hydrogens (tertiary/aromatic N) is 2. The first-order chi connectivity index (χ1) is 16.6.